The highest BCUT2D eigenvalue weighted by molar-refractivity contribution is 5.86. The average molecular weight is 305 g/mol. The maximum Gasteiger partial charge on any atom is 0.252 e. The molecule has 3 atom stereocenters. The highest BCUT2D eigenvalue weighted by Crippen LogP contribution is 2.52. The minimum absolute atomic E-state index is 0.128. The summed E-state index contributed by atoms with van der Waals surface area (Å²) in [7, 11) is 0. The Labute approximate surface area is 127 Å². The van der Waals surface area contributed by atoms with Crippen LogP contribution in [0.1, 0.15) is 49.8 Å². The normalized spacial score (nSPS) is 30.7. The Kier molecular flexibility index (Phi) is 3.59. The first-order chi connectivity index (χ1) is 10.5. The Hall–Kier alpha value is -2.03. The third-order valence-electron chi connectivity index (χ3n) is 5.08. The molecule has 0 aromatic carbocycles. The molecule has 116 valence electrons. The molecule has 0 saturated carbocycles. The smallest absolute Gasteiger partial charge is 0.252 e. The quantitative estimate of drug-likeness (QED) is 0.862. The van der Waals surface area contributed by atoms with E-state index in [4.69, 9.17) is 5.26 Å². The van der Waals surface area contributed by atoms with Crippen LogP contribution in [0.15, 0.2) is 18.5 Å². The third-order valence-corrected chi connectivity index (χ3v) is 5.08. The second-order valence-corrected chi connectivity index (χ2v) is 6.09. The fraction of sp³-hybridized carbons (Fsp3) is 0.562. The molecule has 2 fully saturated rings. The van der Waals surface area contributed by atoms with Crippen molar-refractivity contribution in [2.75, 3.05) is 0 Å². The molecule has 1 aromatic rings. The zero-order valence-corrected chi connectivity index (χ0v) is 12.3. The lowest BCUT2D eigenvalue weighted by molar-refractivity contribution is -0.146. The van der Waals surface area contributed by atoms with Crippen LogP contribution in [0.5, 0.6) is 0 Å². The molecule has 0 N–H and O–H groups in total. The first kappa shape index (κ1) is 14.9. The number of rotatable bonds is 3. The summed E-state index contributed by atoms with van der Waals surface area (Å²) in [6, 6.07) is 3.34. The fourth-order valence-electron chi connectivity index (χ4n) is 3.82. The first-order valence-electron chi connectivity index (χ1n) is 7.49. The molecular formula is C16H17F2N3O. The number of aromatic nitrogens is 1. The van der Waals surface area contributed by atoms with Crippen molar-refractivity contribution in [3.8, 4) is 6.07 Å². The van der Waals surface area contributed by atoms with Gasteiger partial charge in [-0.1, -0.05) is 6.92 Å². The molecule has 3 heterocycles. The summed E-state index contributed by atoms with van der Waals surface area (Å²) in [5.74, 6) is -0.445. The second kappa shape index (κ2) is 5.31. The first-order valence-corrected chi connectivity index (χ1v) is 7.49. The molecule has 0 aliphatic carbocycles. The molecule has 2 aliphatic heterocycles. The summed E-state index contributed by atoms with van der Waals surface area (Å²) < 4.78 is 27.0. The number of nitrogens with zero attached hydrogens (tertiary/aromatic N) is 3. The van der Waals surface area contributed by atoms with Gasteiger partial charge in [0.05, 0.1) is 11.6 Å². The number of hydrogen-bond acceptors (Lipinski definition) is 3. The van der Waals surface area contributed by atoms with Crippen LogP contribution >= 0.6 is 0 Å². The van der Waals surface area contributed by atoms with Gasteiger partial charge < -0.3 is 4.90 Å². The Morgan fingerprint density at radius 3 is 2.91 bits per heavy atom. The van der Waals surface area contributed by atoms with Gasteiger partial charge in [0.2, 0.25) is 5.91 Å². The molecular weight excluding hydrogens is 288 g/mol. The predicted octanol–water partition coefficient (Wildman–Crippen LogP) is 3.05. The monoisotopic (exact) mass is 305 g/mol. The van der Waals surface area contributed by atoms with E-state index in [1.807, 2.05) is 6.07 Å². The van der Waals surface area contributed by atoms with Gasteiger partial charge in [0.1, 0.15) is 11.5 Å². The topological polar surface area (TPSA) is 57.0 Å². The van der Waals surface area contributed by atoms with E-state index in [1.165, 1.54) is 6.20 Å². The van der Waals surface area contributed by atoms with E-state index < -0.39 is 17.7 Å². The van der Waals surface area contributed by atoms with E-state index >= 15 is 0 Å². The molecule has 2 unspecified atom stereocenters. The second-order valence-electron chi connectivity index (χ2n) is 6.09. The minimum Gasteiger partial charge on any atom is -0.332 e. The average Bonchev–Trinajstić information content (AvgIpc) is 3.06. The third kappa shape index (κ3) is 1.99. The molecule has 0 bridgehead atoms. The number of amides is 1. The van der Waals surface area contributed by atoms with E-state index in [2.05, 4.69) is 4.98 Å². The minimum atomic E-state index is -2.64. The highest BCUT2D eigenvalue weighted by atomic mass is 19.3. The van der Waals surface area contributed by atoms with Gasteiger partial charge in [-0.2, -0.15) is 5.26 Å². The highest BCUT2D eigenvalue weighted by Gasteiger charge is 2.59. The van der Waals surface area contributed by atoms with Crippen LogP contribution in [0.2, 0.25) is 0 Å². The van der Waals surface area contributed by atoms with Gasteiger partial charge in [-0.15, -0.1) is 0 Å². The predicted molar refractivity (Wildman–Crippen MR) is 74.9 cm³/mol. The van der Waals surface area contributed by atoms with Crippen molar-refractivity contribution >= 4 is 5.91 Å². The van der Waals surface area contributed by atoms with E-state index in [1.54, 1.807) is 24.1 Å². The number of fused-ring (bicyclic) bond motifs is 1. The maximum atomic E-state index is 13.5. The van der Waals surface area contributed by atoms with Crippen molar-refractivity contribution in [2.24, 2.45) is 5.41 Å². The van der Waals surface area contributed by atoms with Crippen LogP contribution < -0.4 is 0 Å². The van der Waals surface area contributed by atoms with Crippen molar-refractivity contribution in [3.05, 3.63) is 29.6 Å². The number of nitriles is 1. The Morgan fingerprint density at radius 2 is 2.27 bits per heavy atom. The molecule has 4 nitrogen and oxygen atoms in total. The lowest BCUT2D eigenvalue weighted by Gasteiger charge is -2.29. The zero-order chi connectivity index (χ0) is 15.9. The zero-order valence-electron chi connectivity index (χ0n) is 12.3. The Balaban J connectivity index is 1.95. The number of hydrogen-bond donors (Lipinski definition) is 0. The van der Waals surface area contributed by atoms with Crippen molar-refractivity contribution in [3.63, 3.8) is 0 Å². The molecule has 2 saturated heterocycles. The van der Waals surface area contributed by atoms with Gasteiger partial charge in [0.15, 0.2) is 0 Å². The lowest BCUT2D eigenvalue weighted by Crippen LogP contribution is -2.40. The van der Waals surface area contributed by atoms with Crippen LogP contribution in [0.25, 0.3) is 0 Å². The maximum absolute atomic E-state index is 13.5. The number of carbonyl (C=O) groups is 1. The molecule has 0 spiro atoms. The van der Waals surface area contributed by atoms with Crippen molar-refractivity contribution in [1.82, 2.24) is 9.88 Å². The Bertz CT molecular complexity index is 643. The lowest BCUT2D eigenvalue weighted by atomic mass is 9.81. The van der Waals surface area contributed by atoms with Crippen LogP contribution in [0.3, 0.4) is 0 Å². The van der Waals surface area contributed by atoms with Crippen LogP contribution in [-0.2, 0) is 4.79 Å². The molecule has 3 rings (SSSR count). The van der Waals surface area contributed by atoms with Gasteiger partial charge in [-0.05, 0) is 37.3 Å². The van der Waals surface area contributed by atoms with Gasteiger partial charge in [0.25, 0.3) is 6.43 Å². The summed E-state index contributed by atoms with van der Waals surface area (Å²) in [6.07, 6.45) is 2.27. The summed E-state index contributed by atoms with van der Waals surface area (Å²) in [4.78, 5) is 18.3. The van der Waals surface area contributed by atoms with E-state index in [9.17, 15) is 13.6 Å². The fourth-order valence-corrected chi connectivity index (χ4v) is 3.82. The van der Waals surface area contributed by atoms with E-state index in [0.29, 0.717) is 5.56 Å². The van der Waals surface area contributed by atoms with Gasteiger partial charge >= 0.3 is 0 Å². The van der Waals surface area contributed by atoms with Crippen LogP contribution in [-0.4, -0.2) is 28.3 Å². The summed E-state index contributed by atoms with van der Waals surface area (Å²) in [5.41, 5.74) is -0.358. The number of alkyl halides is 2. The molecule has 0 radical (unpaired) electrons. The molecule has 1 aromatic heterocycles. The number of pyridine rings is 1. The summed E-state index contributed by atoms with van der Waals surface area (Å²) in [6.45, 7) is 1.65. The summed E-state index contributed by atoms with van der Waals surface area (Å²) >= 11 is 0. The van der Waals surface area contributed by atoms with Gasteiger partial charge in [-0.25, -0.2) is 8.78 Å². The molecule has 22 heavy (non-hydrogen) atoms. The molecule has 2 aliphatic rings. The molecule has 1 amide bonds. The summed E-state index contributed by atoms with van der Waals surface area (Å²) in [5, 5.41) is 8.97. The van der Waals surface area contributed by atoms with Gasteiger partial charge in [-0.3, -0.25) is 9.78 Å². The number of halogens is 2. The van der Waals surface area contributed by atoms with Crippen molar-refractivity contribution in [2.45, 2.75) is 51.1 Å². The SMILES string of the molecule is CCC1(C(F)F)C[C@@H]2CCC(c3cncc(C#N)c3)N2C1=O. The van der Waals surface area contributed by atoms with E-state index in [0.717, 1.165) is 18.4 Å². The van der Waals surface area contributed by atoms with Gasteiger partial charge in [0, 0.05) is 18.4 Å². The van der Waals surface area contributed by atoms with Crippen LogP contribution in [0, 0.1) is 16.7 Å². The number of carbonyl (C=O) groups excluding carboxylic acids is 1. The van der Waals surface area contributed by atoms with Crippen LogP contribution in [0.4, 0.5) is 8.78 Å². The Morgan fingerprint density at radius 1 is 1.50 bits per heavy atom. The molecule has 6 heteroatoms. The van der Waals surface area contributed by atoms with Crippen molar-refractivity contribution in [1.29, 1.82) is 5.26 Å². The largest absolute Gasteiger partial charge is 0.332 e. The van der Waals surface area contributed by atoms with Crippen molar-refractivity contribution < 1.29 is 13.6 Å². The van der Waals surface area contributed by atoms with E-state index in [-0.39, 0.29) is 24.9 Å². The standard InChI is InChI=1S/C16H17F2N3O/c1-2-16(14(17)18)6-12-3-4-13(21(12)15(16)22)11-5-10(7-19)8-20-9-11/h5,8-9,12-14H,2-4,6H2,1H3/t12-,13?,16?/m0/s1.